The number of morpholine rings is 1. The molecule has 1 fully saturated rings. The summed E-state index contributed by atoms with van der Waals surface area (Å²) in [4.78, 5) is 48.3. The van der Waals surface area contributed by atoms with Gasteiger partial charge >= 0.3 is 5.97 Å². The largest absolute Gasteiger partial charge is 0.462 e. The van der Waals surface area contributed by atoms with Gasteiger partial charge in [0.05, 0.1) is 36.3 Å². The number of ether oxygens (including phenoxy) is 2. The summed E-state index contributed by atoms with van der Waals surface area (Å²) < 4.78 is 13.9. The lowest BCUT2D eigenvalue weighted by Crippen LogP contribution is -2.40. The summed E-state index contributed by atoms with van der Waals surface area (Å²) in [6.45, 7) is 5.77. The fraction of sp³-hybridized carbons (Fsp3) is 0.414. The van der Waals surface area contributed by atoms with Gasteiger partial charge in [-0.15, -0.1) is 11.3 Å². The van der Waals surface area contributed by atoms with Crippen LogP contribution in [0.1, 0.15) is 50.9 Å². The Balaban J connectivity index is 1.44. The molecule has 1 aliphatic carbocycles. The number of nitrogens with zero attached hydrogens (tertiary/aromatic N) is 4. The van der Waals surface area contributed by atoms with Crippen LogP contribution in [0, 0.1) is 5.41 Å². The summed E-state index contributed by atoms with van der Waals surface area (Å²) in [5, 5.41) is 12.7. The van der Waals surface area contributed by atoms with Crippen LogP contribution in [0.25, 0.3) is 16.7 Å². The van der Waals surface area contributed by atoms with Crippen molar-refractivity contribution in [2.24, 2.45) is 0 Å². The quantitative estimate of drug-likeness (QED) is 0.256. The molecule has 4 aromatic rings. The van der Waals surface area contributed by atoms with Crippen LogP contribution in [0.4, 0.5) is 5.00 Å². The highest BCUT2D eigenvalue weighted by molar-refractivity contribution is 7.17. The Morgan fingerprint density at radius 3 is 2.78 bits per heavy atom. The van der Waals surface area contributed by atoms with E-state index in [1.165, 1.54) is 21.8 Å². The normalized spacial score (nSPS) is 15.6. The highest BCUT2D eigenvalue weighted by Gasteiger charge is 2.28. The molecule has 214 valence electrons. The van der Waals surface area contributed by atoms with Gasteiger partial charge in [-0.1, -0.05) is 6.07 Å². The summed E-state index contributed by atoms with van der Waals surface area (Å²) >= 11 is 1.39. The van der Waals surface area contributed by atoms with Crippen molar-refractivity contribution in [2.45, 2.75) is 39.2 Å². The minimum absolute atomic E-state index is 0.0374. The monoisotopic (exact) mass is 576 g/mol. The summed E-state index contributed by atoms with van der Waals surface area (Å²) in [5.74, 6) is -1.01. The number of aromatic nitrogens is 3. The van der Waals surface area contributed by atoms with Gasteiger partial charge in [-0.2, -0.15) is 0 Å². The lowest BCUT2D eigenvalue weighted by Gasteiger charge is -2.27. The molecular weight excluding hydrogens is 544 g/mol. The molecule has 6 rings (SSSR count). The number of pyridine rings is 2. The van der Waals surface area contributed by atoms with E-state index in [0.717, 1.165) is 49.2 Å². The van der Waals surface area contributed by atoms with Crippen LogP contribution in [0.15, 0.2) is 35.3 Å². The molecule has 0 bridgehead atoms. The first-order chi connectivity index (χ1) is 20.0. The van der Waals surface area contributed by atoms with Crippen molar-refractivity contribution in [3.05, 3.63) is 67.9 Å². The highest BCUT2D eigenvalue weighted by atomic mass is 32.1. The number of fused-ring (bicyclic) bond motifs is 3. The Morgan fingerprint density at radius 2 is 1.98 bits per heavy atom. The summed E-state index contributed by atoms with van der Waals surface area (Å²) in [5.41, 5.74) is 1.83. The van der Waals surface area contributed by atoms with E-state index in [4.69, 9.17) is 19.9 Å². The van der Waals surface area contributed by atoms with E-state index >= 15 is 0 Å². The molecule has 0 aromatic carbocycles. The zero-order chi connectivity index (χ0) is 28.5. The Bertz CT molecular complexity index is 1770. The molecule has 2 N–H and O–H groups in total. The molecule has 1 amide bonds. The lowest BCUT2D eigenvalue weighted by atomic mass is 9.95. The number of carbonyl (C=O) groups excluding carboxylic acids is 2. The van der Waals surface area contributed by atoms with E-state index in [1.807, 2.05) is 0 Å². The maximum Gasteiger partial charge on any atom is 0.341 e. The number of anilines is 1. The first kappa shape index (κ1) is 27.3. The number of aryl methyl sites for hydroxylation is 1. The third-order valence-electron chi connectivity index (χ3n) is 7.68. The number of carbonyl (C=O) groups is 2. The molecular formula is C29H32N6O5S. The number of esters is 1. The second kappa shape index (κ2) is 11.6. The SMILES string of the molecule is CCOC(=O)c1c(NC(=O)c2cc3c(=O)n4ccccc4nc3n(CCN3CCOCC3)c2=N)sc2c1CCCC2. The standard InChI is InChI=1S/C29H32N6O5S/c1-2-40-29(38)23-18-7-3-4-8-21(18)41-27(23)32-26(36)19-17-20-25(31-22-9-5-6-10-34(22)28(20)37)35(24(19)30)12-11-33-13-15-39-16-14-33/h5-6,9-10,17,30H,2-4,7-8,11-16H2,1H3,(H,32,36). The van der Waals surface area contributed by atoms with Crippen molar-refractivity contribution in [1.82, 2.24) is 18.9 Å². The van der Waals surface area contributed by atoms with Crippen LogP contribution >= 0.6 is 11.3 Å². The number of nitrogens with one attached hydrogen (secondary N) is 2. The van der Waals surface area contributed by atoms with Gasteiger partial charge in [0.25, 0.3) is 11.5 Å². The minimum Gasteiger partial charge on any atom is -0.462 e. The fourth-order valence-corrected chi connectivity index (χ4v) is 6.86. The Morgan fingerprint density at radius 1 is 1.17 bits per heavy atom. The molecule has 1 saturated heterocycles. The van der Waals surface area contributed by atoms with E-state index in [0.29, 0.717) is 48.2 Å². The zero-order valence-corrected chi connectivity index (χ0v) is 23.7. The molecule has 41 heavy (non-hydrogen) atoms. The molecule has 0 unspecified atom stereocenters. The van der Waals surface area contributed by atoms with Crippen LogP contribution in [0.3, 0.4) is 0 Å². The van der Waals surface area contributed by atoms with Gasteiger partial charge in [0.1, 0.15) is 21.8 Å². The first-order valence-corrected chi connectivity index (χ1v) is 14.8. The maximum absolute atomic E-state index is 13.8. The lowest BCUT2D eigenvalue weighted by molar-refractivity contribution is 0.0363. The van der Waals surface area contributed by atoms with Crippen LogP contribution in [-0.2, 0) is 28.9 Å². The third-order valence-corrected chi connectivity index (χ3v) is 8.89. The average Bonchev–Trinajstić information content (AvgIpc) is 3.35. The van der Waals surface area contributed by atoms with Gasteiger partial charge in [-0.3, -0.25) is 24.3 Å². The van der Waals surface area contributed by atoms with Crippen molar-refractivity contribution in [1.29, 1.82) is 5.41 Å². The summed E-state index contributed by atoms with van der Waals surface area (Å²) in [6.07, 6.45) is 5.24. The fourth-order valence-electron chi connectivity index (χ4n) is 5.59. The molecule has 11 nitrogen and oxygen atoms in total. The predicted octanol–water partition coefficient (Wildman–Crippen LogP) is 2.83. The minimum atomic E-state index is -0.557. The molecule has 0 spiro atoms. The van der Waals surface area contributed by atoms with Gasteiger partial charge in [-0.25, -0.2) is 9.78 Å². The number of amides is 1. The average molecular weight is 577 g/mol. The molecule has 4 aromatic heterocycles. The number of rotatable bonds is 7. The van der Waals surface area contributed by atoms with E-state index in [2.05, 4.69) is 10.2 Å². The van der Waals surface area contributed by atoms with Crippen LogP contribution < -0.4 is 16.4 Å². The summed E-state index contributed by atoms with van der Waals surface area (Å²) in [6, 6.07) is 6.74. The Hall–Kier alpha value is -3.87. The number of hydrogen-bond acceptors (Lipinski definition) is 9. The smallest absolute Gasteiger partial charge is 0.341 e. The zero-order valence-electron chi connectivity index (χ0n) is 22.9. The summed E-state index contributed by atoms with van der Waals surface area (Å²) in [7, 11) is 0. The Labute approximate surface area is 239 Å². The van der Waals surface area contributed by atoms with Crippen molar-refractivity contribution in [2.75, 3.05) is 44.8 Å². The van der Waals surface area contributed by atoms with E-state index in [9.17, 15) is 14.4 Å². The van der Waals surface area contributed by atoms with Crippen LogP contribution in [0.5, 0.6) is 0 Å². The Kier molecular flexibility index (Phi) is 7.69. The van der Waals surface area contributed by atoms with Crippen LogP contribution in [-0.4, -0.2) is 70.2 Å². The molecule has 1 aliphatic heterocycles. The highest BCUT2D eigenvalue weighted by Crippen LogP contribution is 2.38. The predicted molar refractivity (Wildman–Crippen MR) is 155 cm³/mol. The first-order valence-electron chi connectivity index (χ1n) is 14.0. The number of thiophene rings is 1. The van der Waals surface area contributed by atoms with E-state index in [-0.39, 0.29) is 28.6 Å². The van der Waals surface area contributed by atoms with E-state index < -0.39 is 11.9 Å². The van der Waals surface area contributed by atoms with Crippen molar-refractivity contribution >= 4 is 44.9 Å². The van der Waals surface area contributed by atoms with Crippen molar-refractivity contribution < 1.29 is 19.1 Å². The topological polar surface area (TPSA) is 131 Å². The van der Waals surface area contributed by atoms with E-state index in [1.54, 1.807) is 35.9 Å². The van der Waals surface area contributed by atoms with Gasteiger partial charge < -0.3 is 19.4 Å². The molecule has 0 atom stereocenters. The van der Waals surface area contributed by atoms with Crippen molar-refractivity contribution in [3.8, 4) is 0 Å². The third kappa shape index (κ3) is 5.18. The van der Waals surface area contributed by atoms with Gasteiger partial charge in [0.15, 0.2) is 0 Å². The second-order valence-corrected chi connectivity index (χ2v) is 11.3. The van der Waals surface area contributed by atoms with Gasteiger partial charge in [0, 0.05) is 37.3 Å². The molecule has 0 radical (unpaired) electrons. The second-order valence-electron chi connectivity index (χ2n) is 10.2. The molecule has 0 saturated carbocycles. The van der Waals surface area contributed by atoms with Gasteiger partial charge in [-0.05, 0) is 56.4 Å². The molecule has 12 heteroatoms. The van der Waals surface area contributed by atoms with Gasteiger partial charge in [0.2, 0.25) is 0 Å². The van der Waals surface area contributed by atoms with Crippen molar-refractivity contribution in [3.63, 3.8) is 0 Å². The van der Waals surface area contributed by atoms with Crippen LogP contribution in [0.2, 0.25) is 0 Å². The number of hydrogen-bond donors (Lipinski definition) is 2. The maximum atomic E-state index is 13.8. The molecule has 5 heterocycles. The molecule has 2 aliphatic rings.